The summed E-state index contributed by atoms with van der Waals surface area (Å²) in [6, 6.07) is 55.9. The van der Waals surface area contributed by atoms with Crippen LogP contribution in [-0.2, 0) is 4.74 Å². The number of para-hydroxylation sites is 7. The van der Waals surface area contributed by atoms with Crippen molar-refractivity contribution in [3.8, 4) is 11.8 Å². The summed E-state index contributed by atoms with van der Waals surface area (Å²) in [4.78, 5) is 31.1. The van der Waals surface area contributed by atoms with E-state index in [4.69, 9.17) is 45.6 Å². The SMILES string of the molecule is CC(C)CN(N)c1nc2ccccc2s1.CCC#CCCCCCCN(N)c1nc2ccccc2s1.CCCCC(C)N(N)c1nc2ccccc2s1.CCCCC(CC)N(N)c1nc2ccccc2s1.CCCCCN(N)c1nc2ccccc2s1.CCCCOCCN(N)c1nc2ccccc2s1.NN(CCC(F)(F)C(F)(F)C(F)(F)C(F)(F)F)c1nc2ccccc2s1. The highest BCUT2D eigenvalue weighted by molar-refractivity contribution is 7.24. The predicted octanol–water partition coefficient (Wildman–Crippen LogP) is 25.3. The monoisotopic (exact) mass is 1950 g/mol. The minimum Gasteiger partial charge on any atom is -0.380 e. The molecule has 7 heterocycles. The normalized spacial score (nSPS) is 12.0. The van der Waals surface area contributed by atoms with Crippen molar-refractivity contribution in [1.82, 2.24) is 34.9 Å². The summed E-state index contributed by atoms with van der Waals surface area (Å²) in [7, 11) is 0. The summed E-state index contributed by atoms with van der Waals surface area (Å²) in [5.74, 6) is 29.4. The van der Waals surface area contributed by atoms with Crippen LogP contribution >= 0.6 is 79.4 Å². The van der Waals surface area contributed by atoms with Gasteiger partial charge >= 0.3 is 23.9 Å². The Morgan fingerprint density at radius 1 is 0.336 bits per heavy atom. The first kappa shape index (κ1) is 107. The molecule has 2 unspecified atom stereocenters. The molecule has 22 nitrogen and oxygen atoms in total. The summed E-state index contributed by atoms with van der Waals surface area (Å²) in [5.41, 5.74) is 6.58. The number of aromatic nitrogens is 7. The van der Waals surface area contributed by atoms with Crippen molar-refractivity contribution in [2.24, 2.45) is 46.8 Å². The zero-order valence-electron chi connectivity index (χ0n) is 75.8. The van der Waals surface area contributed by atoms with Crippen molar-refractivity contribution < 1.29 is 44.3 Å². The third-order valence-electron chi connectivity index (χ3n) is 20.2. The van der Waals surface area contributed by atoms with Crippen LogP contribution in [0.4, 0.5) is 75.4 Å². The predicted molar refractivity (Wildman–Crippen MR) is 538 cm³/mol. The van der Waals surface area contributed by atoms with Crippen LogP contribution in [0.3, 0.4) is 0 Å². The number of unbranched alkanes of at least 4 members (excludes halogenated alkanes) is 9. The van der Waals surface area contributed by atoms with Crippen molar-refractivity contribution in [3.05, 3.63) is 170 Å². The number of halogens is 9. The van der Waals surface area contributed by atoms with Crippen LogP contribution < -0.4 is 76.0 Å². The number of hydrogen-bond acceptors (Lipinski definition) is 29. The number of nitrogens with zero attached hydrogens (tertiary/aromatic N) is 14. The topological polar surface area (TPSA) is 304 Å². The van der Waals surface area contributed by atoms with Crippen molar-refractivity contribution in [3.63, 3.8) is 0 Å². The number of thiazole rings is 7. The van der Waals surface area contributed by atoms with Crippen LogP contribution in [0, 0.1) is 17.8 Å². The molecule has 0 fully saturated rings. The lowest BCUT2D eigenvalue weighted by Crippen LogP contribution is -2.61. The molecular weight excluding hydrogens is 1820 g/mol. The average Bonchev–Trinajstić information content (AvgIpc) is 1.64. The maximum absolute atomic E-state index is 13.5. The highest BCUT2D eigenvalue weighted by Crippen LogP contribution is 2.54. The summed E-state index contributed by atoms with van der Waals surface area (Å²) in [6.45, 7) is 23.1. The molecule has 0 aliphatic rings. The van der Waals surface area contributed by atoms with Crippen LogP contribution in [0.2, 0.25) is 0 Å². The Kier molecular flexibility index (Phi) is 44.5. The van der Waals surface area contributed by atoms with Crippen LogP contribution in [0.1, 0.15) is 184 Å². The maximum Gasteiger partial charge on any atom is 0.460 e. The van der Waals surface area contributed by atoms with Gasteiger partial charge in [-0.05, 0) is 143 Å². The van der Waals surface area contributed by atoms with Crippen LogP contribution in [0.25, 0.3) is 71.5 Å². The van der Waals surface area contributed by atoms with E-state index in [0.717, 1.165) is 164 Å². The largest absolute Gasteiger partial charge is 0.460 e. The summed E-state index contributed by atoms with van der Waals surface area (Å²) >= 11 is 10.8. The van der Waals surface area contributed by atoms with Gasteiger partial charge < -0.3 is 4.74 Å². The third-order valence-corrected chi connectivity index (χ3v) is 27.6. The van der Waals surface area contributed by atoms with Crippen LogP contribution in [-0.4, -0.2) is 117 Å². The number of anilines is 7. The van der Waals surface area contributed by atoms with Crippen molar-refractivity contribution in [2.75, 3.05) is 81.0 Å². The molecule has 2 atom stereocenters. The molecule has 0 radical (unpaired) electrons. The summed E-state index contributed by atoms with van der Waals surface area (Å²) in [6.07, 6.45) is 11.8. The fourth-order valence-electron chi connectivity index (χ4n) is 12.6. The Balaban J connectivity index is 0.000000190. The highest BCUT2D eigenvalue weighted by Gasteiger charge is 2.81. The fourth-order valence-corrected chi connectivity index (χ4v) is 19.1. The molecule has 14 aromatic rings. The summed E-state index contributed by atoms with van der Waals surface area (Å²) in [5, 5.41) is 16.4. The molecule has 7 aromatic carbocycles. The molecule has 0 spiro atoms. The van der Waals surface area contributed by atoms with Gasteiger partial charge in [-0.3, -0.25) is 35.1 Å². The second-order valence-corrected chi connectivity index (χ2v) is 38.3. The van der Waals surface area contributed by atoms with Gasteiger partial charge in [-0.25, -0.2) is 75.8 Å². The molecule has 0 aliphatic heterocycles. The first-order valence-corrected chi connectivity index (χ1v) is 49.9. The van der Waals surface area contributed by atoms with Gasteiger partial charge in [-0.2, -0.15) is 39.5 Å². The molecule has 38 heteroatoms. The lowest BCUT2D eigenvalue weighted by Gasteiger charge is -2.34. The molecule has 0 saturated heterocycles. The Bertz CT molecular complexity index is 5450. The number of benzene rings is 7. The first-order valence-electron chi connectivity index (χ1n) is 44.2. The molecule has 0 bridgehead atoms. The number of nitrogens with two attached hydrogens (primary N) is 7. The first-order chi connectivity index (χ1) is 62.8. The smallest absolute Gasteiger partial charge is 0.380 e. The Morgan fingerprint density at radius 3 is 1.01 bits per heavy atom. The van der Waals surface area contributed by atoms with E-state index in [9.17, 15) is 39.5 Å². The van der Waals surface area contributed by atoms with E-state index in [1.165, 1.54) is 81.3 Å². The van der Waals surface area contributed by atoms with E-state index >= 15 is 0 Å². The van der Waals surface area contributed by atoms with Gasteiger partial charge in [0.25, 0.3) is 0 Å². The van der Waals surface area contributed by atoms with Gasteiger partial charge in [0.2, 0.25) is 35.9 Å². The Labute approximate surface area is 790 Å². The number of hydrogen-bond donors (Lipinski definition) is 7. The number of ether oxygens (including phenoxy) is 1. The van der Waals surface area contributed by atoms with Crippen LogP contribution in [0.15, 0.2) is 170 Å². The minimum atomic E-state index is -6.90. The molecule has 0 saturated carbocycles. The highest BCUT2D eigenvalue weighted by atomic mass is 32.1. The number of alkyl halides is 9. The zero-order valence-corrected chi connectivity index (χ0v) is 81.5. The molecule has 14 N–H and O–H groups in total. The van der Waals surface area contributed by atoms with E-state index in [-0.39, 0.29) is 5.13 Å². The Morgan fingerprint density at radius 2 is 0.656 bits per heavy atom. The van der Waals surface area contributed by atoms with Crippen molar-refractivity contribution in [2.45, 2.75) is 220 Å². The number of fused-ring (bicyclic) bond motifs is 7. The van der Waals surface area contributed by atoms with Gasteiger partial charge in [0.1, 0.15) is 0 Å². The summed E-state index contributed by atoms with van der Waals surface area (Å²) < 4.78 is 128. The Hall–Kier alpha value is -9.02. The minimum absolute atomic E-state index is 0.0899. The van der Waals surface area contributed by atoms with E-state index < -0.39 is 36.9 Å². The molecule has 0 amide bonds. The lowest BCUT2D eigenvalue weighted by molar-refractivity contribution is -0.396. The van der Waals surface area contributed by atoms with E-state index in [0.29, 0.717) is 46.4 Å². The lowest BCUT2D eigenvalue weighted by atomic mass is 10.0. The fraction of sp³-hybridized carbons (Fsp3) is 0.452. The average molecular weight is 1950 g/mol. The maximum atomic E-state index is 13.5. The van der Waals surface area contributed by atoms with Gasteiger partial charge in [-0.15, -0.1) is 11.8 Å². The van der Waals surface area contributed by atoms with Crippen molar-refractivity contribution >= 4 is 187 Å². The standard InChI is InChI=1S/C17H23N3S.C14H21N3S.C13H10F9N3S.C13H19N3OS.C13H19N3S.C12H17N3S.C11H15N3S/c1-2-3-4-5-6-7-8-11-14-20(18)17-19-15-12-9-10-13-16(15)21-17;1-3-5-8-11(4-2)17(15)14-16-12-9-6-7-10-13(12)18-14;14-10(15,11(16,17)12(18,19)13(20,21)22)5-6-25(23)9-24-7-3-1-2-4-8(7)26-9;1-2-3-9-17-10-8-16(14)13-15-11-6-4-5-7-12(11)18-13;1-3-4-7-10(2)16(14)13-15-11-8-5-6-9-12(11)17-13;1-2-3-6-9-15(13)12-14-10-7-4-5-8-11(10)16-12;1-8(2)7-14(12)11-13-9-5-3-4-6-10(9)15-11/h9-10,12-13H,2,5-8,11,14,18H2,1H3;6-7,9-11H,3-5,8,15H2,1-2H3;1-4H,5-6,23H2;4-7H,2-3,8-10,14H2,1H3;5-6,8-10H,3-4,7,14H2,1-2H3;4-5,7-8H,2-3,6,9,13H2,1H3;3-6,8H,7,12H2,1-2H3. The van der Waals surface area contributed by atoms with E-state index in [1.54, 1.807) is 117 Å². The molecule has 712 valence electrons. The number of hydrazine groups is 7. The number of rotatable bonds is 39. The van der Waals surface area contributed by atoms with E-state index in [1.807, 2.05) is 114 Å². The third kappa shape index (κ3) is 32.7. The van der Waals surface area contributed by atoms with Crippen molar-refractivity contribution in [1.29, 1.82) is 0 Å². The quantitative estimate of drug-likeness (QED) is 0.00619. The molecular formula is C93H124F9N21OS7. The molecule has 7 aromatic heterocycles. The van der Waals surface area contributed by atoms with Gasteiger partial charge in [0.05, 0.1) is 84.7 Å². The van der Waals surface area contributed by atoms with Gasteiger partial charge in [0.15, 0.2) is 0 Å². The van der Waals surface area contributed by atoms with Gasteiger partial charge in [-0.1, -0.05) is 277 Å². The van der Waals surface area contributed by atoms with Crippen LogP contribution in [0.5, 0.6) is 0 Å². The molecule has 14 rings (SSSR count). The molecule has 131 heavy (non-hydrogen) atoms. The second kappa shape index (κ2) is 54.4. The molecule has 0 aliphatic carbocycles. The zero-order chi connectivity index (χ0) is 95.1. The van der Waals surface area contributed by atoms with E-state index in [2.05, 4.69) is 145 Å². The van der Waals surface area contributed by atoms with Gasteiger partial charge in [0, 0.05) is 64.1 Å². The second-order valence-electron chi connectivity index (χ2n) is 31.2.